The molecule has 1 saturated carbocycles. The minimum absolute atomic E-state index is 0.368. The molecular weight excluding hydrogens is 124 g/mol. The highest BCUT2D eigenvalue weighted by molar-refractivity contribution is 5.95. The van der Waals surface area contributed by atoms with Gasteiger partial charge >= 0.3 is 0 Å². The molecule has 3 atom stereocenters. The first-order chi connectivity index (χ1) is 4.70. The monoisotopic (exact) mass is 136 g/mol. The smallest absolute Gasteiger partial charge is 0.159 e. The first kappa shape index (κ1) is 6.14. The highest BCUT2D eigenvalue weighted by Gasteiger charge is 2.45. The molecule has 0 aromatic rings. The van der Waals surface area contributed by atoms with Crippen LogP contribution in [0.5, 0.6) is 0 Å². The minimum atomic E-state index is 0.368. The van der Waals surface area contributed by atoms with Crippen LogP contribution < -0.4 is 0 Å². The summed E-state index contributed by atoms with van der Waals surface area (Å²) in [5, 5.41) is 0. The Bertz CT molecular complexity index is 215. The van der Waals surface area contributed by atoms with E-state index >= 15 is 0 Å². The fraction of sp³-hybridized carbons (Fsp3) is 0.667. The number of hydrogen-bond donors (Lipinski definition) is 0. The van der Waals surface area contributed by atoms with Crippen molar-refractivity contribution in [3.8, 4) is 0 Å². The van der Waals surface area contributed by atoms with Gasteiger partial charge in [-0.1, -0.05) is 12.5 Å². The zero-order chi connectivity index (χ0) is 7.30. The van der Waals surface area contributed by atoms with Crippen LogP contribution in [0.4, 0.5) is 0 Å². The van der Waals surface area contributed by atoms with Gasteiger partial charge in [-0.15, -0.1) is 0 Å². The fourth-order valence-corrected chi connectivity index (χ4v) is 2.20. The van der Waals surface area contributed by atoms with E-state index in [0.29, 0.717) is 17.6 Å². The Morgan fingerprint density at radius 2 is 2.20 bits per heavy atom. The van der Waals surface area contributed by atoms with Crippen LogP contribution in [0.25, 0.3) is 0 Å². The summed E-state index contributed by atoms with van der Waals surface area (Å²) in [5.74, 6) is 2.13. The maximum Gasteiger partial charge on any atom is 0.159 e. The Hall–Kier alpha value is -0.590. The maximum atomic E-state index is 11.2. The highest BCUT2D eigenvalue weighted by atomic mass is 16.1. The molecule has 0 aromatic heterocycles. The highest BCUT2D eigenvalue weighted by Crippen LogP contribution is 2.48. The van der Waals surface area contributed by atoms with Gasteiger partial charge < -0.3 is 0 Å². The first-order valence-electron chi connectivity index (χ1n) is 3.92. The first-order valence-corrected chi connectivity index (χ1v) is 3.92. The predicted octanol–water partition coefficient (Wildman–Crippen LogP) is 1.79. The van der Waals surface area contributed by atoms with Gasteiger partial charge in [0.1, 0.15) is 0 Å². The molecule has 2 bridgehead atoms. The van der Waals surface area contributed by atoms with Crippen LogP contribution in [0.1, 0.15) is 20.3 Å². The van der Waals surface area contributed by atoms with Crippen LogP contribution in [0.2, 0.25) is 0 Å². The molecule has 0 spiro atoms. The van der Waals surface area contributed by atoms with Crippen LogP contribution in [-0.4, -0.2) is 5.78 Å². The molecule has 3 unspecified atom stereocenters. The Morgan fingerprint density at radius 3 is 2.60 bits per heavy atom. The van der Waals surface area contributed by atoms with Gasteiger partial charge in [0, 0.05) is 5.92 Å². The molecule has 1 fully saturated rings. The number of hydrogen-bond acceptors (Lipinski definition) is 1. The lowest BCUT2D eigenvalue weighted by Gasteiger charge is -2.45. The van der Waals surface area contributed by atoms with Crippen molar-refractivity contribution in [2.24, 2.45) is 17.8 Å². The Kier molecular flexibility index (Phi) is 1.05. The van der Waals surface area contributed by atoms with Crippen LogP contribution in [0, 0.1) is 17.8 Å². The van der Waals surface area contributed by atoms with Crippen LogP contribution in [-0.2, 0) is 4.79 Å². The molecule has 0 aliphatic heterocycles. The molecule has 0 N–H and O–H groups in total. The zero-order valence-corrected chi connectivity index (χ0v) is 6.42. The Balaban J connectivity index is 2.35. The third-order valence-corrected chi connectivity index (χ3v) is 3.10. The molecule has 0 radical (unpaired) electrons. The van der Waals surface area contributed by atoms with E-state index in [1.165, 1.54) is 5.57 Å². The van der Waals surface area contributed by atoms with Gasteiger partial charge in [0.2, 0.25) is 0 Å². The van der Waals surface area contributed by atoms with Gasteiger partial charge in [-0.25, -0.2) is 0 Å². The van der Waals surface area contributed by atoms with E-state index in [0.717, 1.165) is 12.3 Å². The third kappa shape index (κ3) is 0.556. The fourth-order valence-electron chi connectivity index (χ4n) is 2.20. The van der Waals surface area contributed by atoms with Gasteiger partial charge in [-0.3, -0.25) is 4.79 Å². The molecule has 0 heterocycles. The third-order valence-electron chi connectivity index (χ3n) is 3.10. The quantitative estimate of drug-likeness (QED) is 0.496. The zero-order valence-electron chi connectivity index (χ0n) is 6.42. The van der Waals surface area contributed by atoms with E-state index in [1.807, 2.05) is 6.08 Å². The van der Waals surface area contributed by atoms with E-state index in [1.54, 1.807) is 0 Å². The number of allylic oxidation sites excluding steroid dienone is 2. The summed E-state index contributed by atoms with van der Waals surface area (Å²) in [7, 11) is 0. The minimum Gasteiger partial charge on any atom is -0.295 e. The van der Waals surface area contributed by atoms with E-state index in [9.17, 15) is 4.79 Å². The lowest BCUT2D eigenvalue weighted by Crippen LogP contribution is -2.43. The molecule has 0 saturated heterocycles. The Labute approximate surface area is 61.1 Å². The predicted molar refractivity (Wildman–Crippen MR) is 39.5 cm³/mol. The second-order valence-electron chi connectivity index (χ2n) is 3.60. The molecule has 1 nitrogen and oxygen atoms in total. The van der Waals surface area contributed by atoms with E-state index in [2.05, 4.69) is 13.8 Å². The largest absolute Gasteiger partial charge is 0.295 e. The molecule has 0 aromatic carbocycles. The number of fused-ring (bicyclic) bond motifs is 1. The summed E-state index contributed by atoms with van der Waals surface area (Å²) < 4.78 is 0. The van der Waals surface area contributed by atoms with Crippen molar-refractivity contribution in [1.82, 2.24) is 0 Å². The Morgan fingerprint density at radius 1 is 1.50 bits per heavy atom. The number of rotatable bonds is 0. The van der Waals surface area contributed by atoms with Crippen LogP contribution in [0.3, 0.4) is 0 Å². The molecule has 0 amide bonds. The molecule has 54 valence electrons. The standard InChI is InChI=1S/C9H12O/c1-5-3-9(10)8-4-7(5)6(8)2/h3,6-8H,4H2,1-2H3. The van der Waals surface area contributed by atoms with Gasteiger partial charge in [0.15, 0.2) is 5.78 Å². The summed E-state index contributed by atoms with van der Waals surface area (Å²) in [4.78, 5) is 11.2. The SMILES string of the molecule is CC1=CC(=O)C2CC1C2C. The summed E-state index contributed by atoms with van der Waals surface area (Å²) in [6, 6.07) is 0. The second kappa shape index (κ2) is 1.71. The maximum absolute atomic E-state index is 11.2. The summed E-state index contributed by atoms with van der Waals surface area (Å²) in [6.45, 7) is 4.27. The van der Waals surface area contributed by atoms with Crippen LogP contribution in [0.15, 0.2) is 11.6 Å². The van der Waals surface area contributed by atoms with E-state index in [4.69, 9.17) is 0 Å². The number of carbonyl (C=O) groups excluding carboxylic acids is 1. The summed E-state index contributed by atoms with van der Waals surface area (Å²) in [5.41, 5.74) is 1.31. The van der Waals surface area contributed by atoms with Gasteiger partial charge in [0.05, 0.1) is 0 Å². The van der Waals surface area contributed by atoms with Gasteiger partial charge in [-0.2, -0.15) is 0 Å². The average Bonchev–Trinajstić information content (AvgIpc) is 1.83. The van der Waals surface area contributed by atoms with Gasteiger partial charge in [0.25, 0.3) is 0 Å². The molecule has 1 heteroatoms. The van der Waals surface area contributed by atoms with Crippen molar-refractivity contribution in [2.75, 3.05) is 0 Å². The molecule has 3 aliphatic rings. The van der Waals surface area contributed by atoms with Crippen molar-refractivity contribution in [1.29, 1.82) is 0 Å². The normalized spacial score (nSPS) is 44.4. The lowest BCUT2D eigenvalue weighted by atomic mass is 9.58. The van der Waals surface area contributed by atoms with Crippen molar-refractivity contribution in [2.45, 2.75) is 20.3 Å². The summed E-state index contributed by atoms with van der Waals surface area (Å²) in [6.07, 6.45) is 2.96. The summed E-state index contributed by atoms with van der Waals surface area (Å²) >= 11 is 0. The molecule has 10 heavy (non-hydrogen) atoms. The topological polar surface area (TPSA) is 17.1 Å². The van der Waals surface area contributed by atoms with Gasteiger partial charge in [-0.05, 0) is 31.3 Å². The second-order valence-corrected chi connectivity index (χ2v) is 3.60. The van der Waals surface area contributed by atoms with Crippen molar-refractivity contribution in [3.05, 3.63) is 11.6 Å². The van der Waals surface area contributed by atoms with Crippen LogP contribution >= 0.6 is 0 Å². The van der Waals surface area contributed by atoms with Crippen molar-refractivity contribution < 1.29 is 4.79 Å². The molecular formula is C9H12O. The molecule has 3 rings (SSSR count). The lowest BCUT2D eigenvalue weighted by molar-refractivity contribution is -0.126. The van der Waals surface area contributed by atoms with E-state index in [-0.39, 0.29) is 0 Å². The van der Waals surface area contributed by atoms with Crippen molar-refractivity contribution in [3.63, 3.8) is 0 Å². The molecule has 3 aliphatic carbocycles. The average molecular weight is 136 g/mol. The van der Waals surface area contributed by atoms with Crippen molar-refractivity contribution >= 4 is 5.78 Å². The number of carbonyl (C=O) groups is 1. The number of ketones is 1. The van der Waals surface area contributed by atoms with E-state index < -0.39 is 0 Å².